The number of carbonyl (C=O) groups is 3. The number of hydrogen-bond acceptors (Lipinski definition) is 4. The number of nitrogens with one attached hydrogen (secondary N) is 2. The molecule has 7 heteroatoms. The normalized spacial score (nSPS) is 22.3. The summed E-state index contributed by atoms with van der Waals surface area (Å²) in [7, 11) is 0. The molecule has 3 rings (SSSR count). The topological polar surface area (TPSA) is 78.5 Å². The fourth-order valence-corrected chi connectivity index (χ4v) is 4.62. The summed E-state index contributed by atoms with van der Waals surface area (Å²) in [6.07, 6.45) is 5.65. The van der Waals surface area contributed by atoms with Crippen LogP contribution in [0.15, 0.2) is 17.5 Å². The second kappa shape index (κ2) is 8.42. The van der Waals surface area contributed by atoms with Crippen molar-refractivity contribution in [3.05, 3.63) is 22.4 Å². The third-order valence-corrected chi connectivity index (χ3v) is 6.78. The summed E-state index contributed by atoms with van der Waals surface area (Å²) in [5.41, 5.74) is -0.947. The molecule has 1 aliphatic heterocycles. The number of amides is 3. The Morgan fingerprint density at radius 1 is 1.33 bits per heavy atom. The third kappa shape index (κ3) is 4.34. The summed E-state index contributed by atoms with van der Waals surface area (Å²) < 4.78 is 0. The number of hydrogen-bond donors (Lipinski definition) is 2. The van der Waals surface area contributed by atoms with Crippen LogP contribution in [0.25, 0.3) is 0 Å². The minimum atomic E-state index is -0.947. The van der Waals surface area contributed by atoms with E-state index in [0.29, 0.717) is 25.8 Å². The predicted octanol–water partition coefficient (Wildman–Crippen LogP) is 2.58. The van der Waals surface area contributed by atoms with Gasteiger partial charge >= 0.3 is 0 Å². The molecule has 0 unspecified atom stereocenters. The van der Waals surface area contributed by atoms with E-state index < -0.39 is 11.6 Å². The van der Waals surface area contributed by atoms with Gasteiger partial charge < -0.3 is 15.5 Å². The highest BCUT2D eigenvalue weighted by molar-refractivity contribution is 7.09. The Kier molecular flexibility index (Phi) is 6.19. The molecule has 3 amide bonds. The van der Waals surface area contributed by atoms with Crippen LogP contribution in [0.3, 0.4) is 0 Å². The number of carbonyl (C=O) groups excluding carboxylic acids is 3. The zero-order valence-corrected chi connectivity index (χ0v) is 16.9. The summed E-state index contributed by atoms with van der Waals surface area (Å²) >= 11 is 1.57. The molecule has 27 heavy (non-hydrogen) atoms. The third-order valence-electron chi connectivity index (χ3n) is 5.92. The minimum Gasteiger partial charge on any atom is -0.351 e. The summed E-state index contributed by atoms with van der Waals surface area (Å²) in [6.45, 7) is 4.17. The van der Waals surface area contributed by atoms with E-state index in [4.69, 9.17) is 0 Å². The van der Waals surface area contributed by atoms with Crippen molar-refractivity contribution < 1.29 is 14.4 Å². The van der Waals surface area contributed by atoms with Gasteiger partial charge in [-0.25, -0.2) is 0 Å². The molecule has 1 saturated carbocycles. The van der Waals surface area contributed by atoms with Gasteiger partial charge in [-0.3, -0.25) is 14.4 Å². The van der Waals surface area contributed by atoms with Crippen molar-refractivity contribution in [3.8, 4) is 0 Å². The first-order valence-electron chi connectivity index (χ1n) is 9.88. The van der Waals surface area contributed by atoms with Crippen LogP contribution in [0, 0.1) is 0 Å². The molecule has 1 aromatic heterocycles. The van der Waals surface area contributed by atoms with Crippen LogP contribution >= 0.6 is 11.3 Å². The highest BCUT2D eigenvalue weighted by Gasteiger charge is 2.44. The quantitative estimate of drug-likeness (QED) is 0.750. The van der Waals surface area contributed by atoms with E-state index >= 15 is 0 Å². The highest BCUT2D eigenvalue weighted by atomic mass is 32.1. The molecule has 2 aliphatic rings. The van der Waals surface area contributed by atoms with Gasteiger partial charge in [-0.05, 0) is 44.1 Å². The molecule has 0 aromatic carbocycles. The lowest BCUT2D eigenvalue weighted by atomic mass is 9.92. The van der Waals surface area contributed by atoms with Gasteiger partial charge in [-0.15, -0.1) is 11.3 Å². The maximum atomic E-state index is 13.3. The summed E-state index contributed by atoms with van der Waals surface area (Å²) in [4.78, 5) is 40.8. The first kappa shape index (κ1) is 19.9. The average molecular weight is 392 g/mol. The van der Waals surface area contributed by atoms with Gasteiger partial charge in [0, 0.05) is 17.3 Å². The van der Waals surface area contributed by atoms with Gasteiger partial charge in [-0.1, -0.05) is 25.8 Å². The molecule has 148 valence electrons. The van der Waals surface area contributed by atoms with E-state index in [1.807, 2.05) is 31.4 Å². The van der Waals surface area contributed by atoms with Crippen molar-refractivity contribution in [2.75, 3.05) is 0 Å². The van der Waals surface area contributed by atoms with E-state index in [1.165, 1.54) is 0 Å². The number of thiophene rings is 1. The van der Waals surface area contributed by atoms with Crippen LogP contribution in [-0.4, -0.2) is 40.2 Å². The fourth-order valence-electron chi connectivity index (χ4n) is 3.93. The molecule has 1 aliphatic carbocycles. The van der Waals surface area contributed by atoms with Crippen molar-refractivity contribution in [1.29, 1.82) is 0 Å². The summed E-state index contributed by atoms with van der Waals surface area (Å²) in [6, 6.07) is 3.58. The Morgan fingerprint density at radius 3 is 2.63 bits per heavy atom. The lowest BCUT2D eigenvalue weighted by molar-refractivity contribution is -0.150. The zero-order valence-electron chi connectivity index (χ0n) is 16.1. The Morgan fingerprint density at radius 2 is 2.07 bits per heavy atom. The predicted molar refractivity (Wildman–Crippen MR) is 105 cm³/mol. The van der Waals surface area contributed by atoms with Gasteiger partial charge in [0.1, 0.15) is 11.6 Å². The van der Waals surface area contributed by atoms with E-state index in [-0.39, 0.29) is 23.8 Å². The standard InChI is InChI=1S/C20H29N3O3S/c1-3-20(2,19(26)21-14-7-4-5-8-14)23(13-15-9-6-12-27-15)18(25)16-10-11-17(24)22-16/h6,9,12,14,16H,3-5,7-8,10-11,13H2,1-2H3,(H,21,26)(H,22,24)/t16-,20+/m1/s1. The molecule has 1 aromatic rings. The molecule has 2 heterocycles. The van der Waals surface area contributed by atoms with Gasteiger partial charge in [0.25, 0.3) is 0 Å². The maximum Gasteiger partial charge on any atom is 0.246 e. The largest absolute Gasteiger partial charge is 0.351 e. The summed E-state index contributed by atoms with van der Waals surface area (Å²) in [5, 5.41) is 7.90. The maximum absolute atomic E-state index is 13.3. The van der Waals surface area contributed by atoms with Crippen LogP contribution in [0.4, 0.5) is 0 Å². The molecule has 0 bridgehead atoms. The first-order valence-corrected chi connectivity index (χ1v) is 10.8. The SMILES string of the molecule is CC[C@@](C)(C(=O)NC1CCCC1)N(Cc1cccs1)C(=O)[C@H]1CCC(=O)N1. The van der Waals surface area contributed by atoms with Crippen molar-refractivity contribution in [1.82, 2.24) is 15.5 Å². The second-order valence-corrected chi connectivity index (χ2v) is 8.78. The van der Waals surface area contributed by atoms with Gasteiger partial charge in [-0.2, -0.15) is 0 Å². The van der Waals surface area contributed by atoms with Gasteiger partial charge in [0.05, 0.1) is 6.54 Å². The van der Waals surface area contributed by atoms with Crippen molar-refractivity contribution >= 4 is 29.1 Å². The Labute approximate surface area is 164 Å². The average Bonchev–Trinajstić information content (AvgIpc) is 3.41. The second-order valence-electron chi connectivity index (χ2n) is 7.74. The number of rotatable bonds is 7. The Bertz CT molecular complexity index is 685. The lowest BCUT2D eigenvalue weighted by Gasteiger charge is -2.41. The van der Waals surface area contributed by atoms with Crippen molar-refractivity contribution in [3.63, 3.8) is 0 Å². The lowest BCUT2D eigenvalue weighted by Crippen LogP contribution is -2.62. The van der Waals surface area contributed by atoms with Crippen LogP contribution in [0.5, 0.6) is 0 Å². The molecule has 1 saturated heterocycles. The minimum absolute atomic E-state index is 0.0915. The van der Waals surface area contributed by atoms with Crippen molar-refractivity contribution in [2.24, 2.45) is 0 Å². The fraction of sp³-hybridized carbons (Fsp3) is 0.650. The van der Waals surface area contributed by atoms with E-state index in [2.05, 4.69) is 10.6 Å². The molecule has 2 fully saturated rings. The Balaban J connectivity index is 1.84. The molecular formula is C20H29N3O3S. The van der Waals surface area contributed by atoms with Crippen LogP contribution in [-0.2, 0) is 20.9 Å². The Hall–Kier alpha value is -1.89. The summed E-state index contributed by atoms with van der Waals surface area (Å²) in [5.74, 6) is -0.357. The van der Waals surface area contributed by atoms with E-state index in [0.717, 1.165) is 30.6 Å². The number of nitrogens with zero attached hydrogens (tertiary/aromatic N) is 1. The van der Waals surface area contributed by atoms with Crippen LogP contribution < -0.4 is 10.6 Å². The molecule has 0 radical (unpaired) electrons. The molecule has 2 atom stereocenters. The molecule has 0 spiro atoms. The first-order chi connectivity index (χ1) is 12.9. The molecular weight excluding hydrogens is 362 g/mol. The van der Waals surface area contributed by atoms with Crippen molar-refractivity contribution in [2.45, 2.75) is 83.0 Å². The highest BCUT2D eigenvalue weighted by Crippen LogP contribution is 2.28. The monoisotopic (exact) mass is 391 g/mol. The van der Waals surface area contributed by atoms with Crippen LogP contribution in [0.2, 0.25) is 0 Å². The zero-order chi connectivity index (χ0) is 19.4. The van der Waals surface area contributed by atoms with Crippen LogP contribution in [0.1, 0.15) is 63.7 Å². The van der Waals surface area contributed by atoms with Gasteiger partial charge in [0.15, 0.2) is 0 Å². The molecule has 6 nitrogen and oxygen atoms in total. The molecule has 2 N–H and O–H groups in total. The van der Waals surface area contributed by atoms with E-state index in [1.54, 1.807) is 16.2 Å². The smallest absolute Gasteiger partial charge is 0.246 e. The van der Waals surface area contributed by atoms with E-state index in [9.17, 15) is 14.4 Å². The van der Waals surface area contributed by atoms with Gasteiger partial charge in [0.2, 0.25) is 17.7 Å².